The Hall–Kier alpha value is -1.52. The average molecular weight is 325 g/mol. The van der Waals surface area contributed by atoms with Gasteiger partial charge in [0.15, 0.2) is 0 Å². The number of para-hydroxylation sites is 1. The lowest BCUT2D eigenvalue weighted by molar-refractivity contribution is -0.120. The van der Waals surface area contributed by atoms with Crippen LogP contribution in [0.4, 0.5) is 0 Å². The van der Waals surface area contributed by atoms with Crippen molar-refractivity contribution in [3.8, 4) is 5.75 Å². The van der Waals surface area contributed by atoms with Gasteiger partial charge in [0.1, 0.15) is 5.75 Å². The molecule has 22 heavy (non-hydrogen) atoms. The first-order valence-electron chi connectivity index (χ1n) is 7.55. The Morgan fingerprint density at radius 1 is 1.36 bits per heavy atom. The SMILES string of the molecule is CC(C)Oc1ccccc1CC(=O)NCC1=CCNCC1.Cl. The van der Waals surface area contributed by atoms with Crippen molar-refractivity contribution in [1.29, 1.82) is 0 Å². The van der Waals surface area contributed by atoms with Crippen molar-refractivity contribution >= 4 is 18.3 Å². The number of ether oxygens (including phenoxy) is 1. The molecule has 1 aliphatic rings. The van der Waals surface area contributed by atoms with Gasteiger partial charge in [-0.15, -0.1) is 12.4 Å². The van der Waals surface area contributed by atoms with E-state index in [1.807, 2.05) is 38.1 Å². The van der Waals surface area contributed by atoms with Crippen LogP contribution in [0.2, 0.25) is 0 Å². The van der Waals surface area contributed by atoms with Gasteiger partial charge in [0.05, 0.1) is 12.5 Å². The van der Waals surface area contributed by atoms with Gasteiger partial charge >= 0.3 is 0 Å². The van der Waals surface area contributed by atoms with Crippen LogP contribution in [0.1, 0.15) is 25.8 Å². The highest BCUT2D eigenvalue weighted by molar-refractivity contribution is 5.85. The van der Waals surface area contributed by atoms with Crippen LogP contribution < -0.4 is 15.4 Å². The van der Waals surface area contributed by atoms with E-state index in [0.717, 1.165) is 30.8 Å². The summed E-state index contributed by atoms with van der Waals surface area (Å²) in [5, 5.41) is 6.25. The summed E-state index contributed by atoms with van der Waals surface area (Å²) < 4.78 is 5.74. The molecular formula is C17H25ClN2O2. The Bertz CT molecular complexity index is 515. The molecule has 0 bridgehead atoms. The number of nitrogens with one attached hydrogen (secondary N) is 2. The maximum Gasteiger partial charge on any atom is 0.224 e. The maximum atomic E-state index is 12.1. The fraction of sp³-hybridized carbons (Fsp3) is 0.471. The highest BCUT2D eigenvalue weighted by Crippen LogP contribution is 2.19. The van der Waals surface area contributed by atoms with Crippen molar-refractivity contribution in [3.63, 3.8) is 0 Å². The summed E-state index contributed by atoms with van der Waals surface area (Å²) in [4.78, 5) is 12.1. The molecule has 0 saturated carbocycles. The fourth-order valence-electron chi connectivity index (χ4n) is 2.30. The molecule has 1 aliphatic heterocycles. The number of benzene rings is 1. The number of rotatable bonds is 6. The van der Waals surface area contributed by atoms with Gasteiger partial charge in [0.25, 0.3) is 0 Å². The zero-order chi connectivity index (χ0) is 15.1. The third-order valence-corrected chi connectivity index (χ3v) is 3.36. The number of hydrogen-bond donors (Lipinski definition) is 2. The summed E-state index contributed by atoms with van der Waals surface area (Å²) in [7, 11) is 0. The molecule has 1 aromatic carbocycles. The van der Waals surface area contributed by atoms with Crippen molar-refractivity contribution in [3.05, 3.63) is 41.5 Å². The topological polar surface area (TPSA) is 50.4 Å². The Balaban J connectivity index is 0.00000242. The molecule has 0 aromatic heterocycles. The summed E-state index contributed by atoms with van der Waals surface area (Å²) in [6, 6.07) is 7.73. The minimum absolute atomic E-state index is 0. The first kappa shape index (κ1) is 18.5. The Morgan fingerprint density at radius 2 is 2.14 bits per heavy atom. The Morgan fingerprint density at radius 3 is 2.82 bits per heavy atom. The molecule has 4 nitrogen and oxygen atoms in total. The molecule has 1 aromatic rings. The second-order valence-corrected chi connectivity index (χ2v) is 5.54. The molecule has 0 fully saturated rings. The molecular weight excluding hydrogens is 300 g/mol. The van der Waals surface area contributed by atoms with Crippen LogP contribution in [0.5, 0.6) is 5.75 Å². The maximum absolute atomic E-state index is 12.1. The highest BCUT2D eigenvalue weighted by Gasteiger charge is 2.10. The predicted octanol–water partition coefficient (Wildman–Crippen LogP) is 2.47. The first-order valence-corrected chi connectivity index (χ1v) is 7.55. The van der Waals surface area contributed by atoms with E-state index in [4.69, 9.17) is 4.74 Å². The van der Waals surface area contributed by atoms with E-state index in [9.17, 15) is 4.79 Å². The minimum Gasteiger partial charge on any atom is -0.491 e. The summed E-state index contributed by atoms with van der Waals surface area (Å²) in [6.45, 7) is 6.51. The van der Waals surface area contributed by atoms with Crippen LogP contribution in [0.3, 0.4) is 0 Å². The monoisotopic (exact) mass is 324 g/mol. The fourth-order valence-corrected chi connectivity index (χ4v) is 2.30. The molecule has 1 heterocycles. The Kier molecular flexibility index (Phi) is 7.99. The number of carbonyl (C=O) groups excluding carboxylic acids is 1. The van der Waals surface area contributed by atoms with Crippen molar-refractivity contribution in [1.82, 2.24) is 10.6 Å². The number of amides is 1. The lowest BCUT2D eigenvalue weighted by Gasteiger charge is -2.16. The third kappa shape index (κ3) is 6.08. The predicted molar refractivity (Wildman–Crippen MR) is 91.7 cm³/mol. The smallest absolute Gasteiger partial charge is 0.224 e. The largest absolute Gasteiger partial charge is 0.491 e. The van der Waals surface area contributed by atoms with E-state index in [2.05, 4.69) is 16.7 Å². The van der Waals surface area contributed by atoms with E-state index in [1.165, 1.54) is 5.57 Å². The molecule has 1 amide bonds. The normalized spacial score (nSPS) is 14.0. The molecule has 122 valence electrons. The van der Waals surface area contributed by atoms with Gasteiger partial charge in [-0.05, 0) is 32.9 Å². The van der Waals surface area contributed by atoms with E-state index >= 15 is 0 Å². The molecule has 0 unspecified atom stereocenters. The summed E-state index contributed by atoms with van der Waals surface area (Å²) in [6.07, 6.45) is 3.62. The molecule has 0 aliphatic carbocycles. The van der Waals surface area contributed by atoms with Crippen LogP contribution in [0.25, 0.3) is 0 Å². The highest BCUT2D eigenvalue weighted by atomic mass is 35.5. The molecule has 0 spiro atoms. The zero-order valence-corrected chi connectivity index (χ0v) is 14.0. The lowest BCUT2D eigenvalue weighted by atomic mass is 10.1. The second kappa shape index (κ2) is 9.49. The van der Waals surface area contributed by atoms with Crippen LogP contribution in [0.15, 0.2) is 35.9 Å². The summed E-state index contributed by atoms with van der Waals surface area (Å²) >= 11 is 0. The van der Waals surface area contributed by atoms with Crippen LogP contribution in [-0.2, 0) is 11.2 Å². The van der Waals surface area contributed by atoms with Gasteiger partial charge in [-0.2, -0.15) is 0 Å². The molecule has 5 heteroatoms. The minimum atomic E-state index is 0. The van der Waals surface area contributed by atoms with Crippen molar-refractivity contribution < 1.29 is 9.53 Å². The molecule has 0 saturated heterocycles. The molecule has 0 atom stereocenters. The van der Waals surface area contributed by atoms with Crippen LogP contribution in [-0.4, -0.2) is 31.6 Å². The molecule has 0 radical (unpaired) electrons. The number of hydrogen-bond acceptors (Lipinski definition) is 3. The van der Waals surface area contributed by atoms with Gasteiger partial charge < -0.3 is 15.4 Å². The van der Waals surface area contributed by atoms with Gasteiger partial charge in [-0.1, -0.05) is 29.8 Å². The van der Waals surface area contributed by atoms with Crippen LogP contribution in [0, 0.1) is 0 Å². The molecule has 2 N–H and O–H groups in total. The lowest BCUT2D eigenvalue weighted by Crippen LogP contribution is -2.30. The van der Waals surface area contributed by atoms with E-state index in [-0.39, 0.29) is 24.4 Å². The van der Waals surface area contributed by atoms with E-state index in [1.54, 1.807) is 0 Å². The molecule has 2 rings (SSSR count). The second-order valence-electron chi connectivity index (χ2n) is 5.54. The van der Waals surface area contributed by atoms with Gasteiger partial charge in [0, 0.05) is 18.7 Å². The van der Waals surface area contributed by atoms with Crippen molar-refractivity contribution in [2.45, 2.75) is 32.8 Å². The zero-order valence-electron chi connectivity index (χ0n) is 13.2. The Labute approximate surface area is 138 Å². The summed E-state index contributed by atoms with van der Waals surface area (Å²) in [5.41, 5.74) is 2.23. The number of carbonyl (C=O) groups is 1. The van der Waals surface area contributed by atoms with Crippen molar-refractivity contribution in [2.75, 3.05) is 19.6 Å². The van der Waals surface area contributed by atoms with Crippen LogP contribution >= 0.6 is 12.4 Å². The summed E-state index contributed by atoms with van der Waals surface area (Å²) in [5.74, 6) is 0.831. The third-order valence-electron chi connectivity index (χ3n) is 3.36. The van der Waals surface area contributed by atoms with E-state index in [0.29, 0.717) is 13.0 Å². The quantitative estimate of drug-likeness (QED) is 0.790. The number of halogens is 1. The first-order chi connectivity index (χ1) is 10.1. The van der Waals surface area contributed by atoms with Gasteiger partial charge in [-0.3, -0.25) is 4.79 Å². The standard InChI is InChI=1S/C17H24N2O2.ClH/c1-13(2)21-16-6-4-3-5-15(16)11-17(20)19-12-14-7-9-18-10-8-14;/h3-7,13,18H,8-12H2,1-2H3,(H,19,20);1H. The van der Waals surface area contributed by atoms with Gasteiger partial charge in [-0.25, -0.2) is 0 Å². The van der Waals surface area contributed by atoms with Crippen molar-refractivity contribution in [2.24, 2.45) is 0 Å². The van der Waals surface area contributed by atoms with Gasteiger partial charge in [0.2, 0.25) is 5.91 Å². The average Bonchev–Trinajstić information content (AvgIpc) is 2.48. The van der Waals surface area contributed by atoms with E-state index < -0.39 is 0 Å².